The number of nitrogens with zero attached hydrogens (tertiary/aromatic N) is 1. The van der Waals surface area contributed by atoms with Crippen LogP contribution in [0.15, 0.2) is 22.7 Å². The van der Waals surface area contributed by atoms with Gasteiger partial charge in [0.15, 0.2) is 0 Å². The SMILES string of the molecule is Cc1ccc(Br)c(C(=O)N(C)C2CCCNCC2)c1. The average Bonchev–Trinajstić information content (AvgIpc) is 2.69. The molecule has 0 spiro atoms. The van der Waals surface area contributed by atoms with Gasteiger partial charge in [-0.3, -0.25) is 4.79 Å². The van der Waals surface area contributed by atoms with Crippen LogP contribution in [0.2, 0.25) is 0 Å². The molecule has 2 rings (SSSR count). The lowest BCUT2D eigenvalue weighted by molar-refractivity contribution is 0.0719. The Kier molecular flexibility index (Phi) is 4.99. The lowest BCUT2D eigenvalue weighted by atomic mass is 10.1. The maximum atomic E-state index is 12.6. The van der Waals surface area contributed by atoms with Crippen molar-refractivity contribution in [2.24, 2.45) is 0 Å². The topological polar surface area (TPSA) is 32.3 Å². The zero-order valence-corrected chi connectivity index (χ0v) is 13.2. The van der Waals surface area contributed by atoms with E-state index in [0.717, 1.165) is 48.0 Å². The van der Waals surface area contributed by atoms with Gasteiger partial charge in [-0.15, -0.1) is 0 Å². The molecule has 19 heavy (non-hydrogen) atoms. The third-order valence-corrected chi connectivity index (χ3v) is 4.46. The van der Waals surface area contributed by atoms with Crippen molar-refractivity contribution in [1.29, 1.82) is 0 Å². The molecule has 1 aliphatic heterocycles. The quantitative estimate of drug-likeness (QED) is 0.907. The number of halogens is 1. The summed E-state index contributed by atoms with van der Waals surface area (Å²) >= 11 is 3.48. The molecular formula is C15H21BrN2O. The molecule has 0 aliphatic carbocycles. The Balaban J connectivity index is 2.15. The van der Waals surface area contributed by atoms with Crippen molar-refractivity contribution < 1.29 is 4.79 Å². The van der Waals surface area contributed by atoms with Gasteiger partial charge in [0.25, 0.3) is 5.91 Å². The zero-order valence-electron chi connectivity index (χ0n) is 11.6. The Bertz CT molecular complexity index is 453. The fourth-order valence-electron chi connectivity index (χ4n) is 2.55. The minimum absolute atomic E-state index is 0.113. The van der Waals surface area contributed by atoms with Gasteiger partial charge in [0, 0.05) is 17.6 Å². The van der Waals surface area contributed by atoms with Crippen LogP contribution in [0.25, 0.3) is 0 Å². The van der Waals surface area contributed by atoms with E-state index in [1.807, 2.05) is 37.1 Å². The van der Waals surface area contributed by atoms with E-state index in [-0.39, 0.29) is 5.91 Å². The molecule has 1 fully saturated rings. The molecule has 0 aromatic heterocycles. The summed E-state index contributed by atoms with van der Waals surface area (Å²) in [5, 5.41) is 3.38. The molecule has 1 amide bonds. The second kappa shape index (κ2) is 6.53. The normalized spacial score (nSPS) is 19.8. The van der Waals surface area contributed by atoms with Crippen LogP contribution in [0.3, 0.4) is 0 Å². The first kappa shape index (κ1) is 14.5. The number of benzene rings is 1. The molecule has 1 unspecified atom stereocenters. The number of hydrogen-bond donors (Lipinski definition) is 1. The molecular weight excluding hydrogens is 304 g/mol. The third-order valence-electron chi connectivity index (χ3n) is 3.77. The largest absolute Gasteiger partial charge is 0.339 e. The molecule has 1 saturated heterocycles. The monoisotopic (exact) mass is 324 g/mol. The van der Waals surface area contributed by atoms with E-state index in [0.29, 0.717) is 6.04 Å². The first-order chi connectivity index (χ1) is 9.09. The standard InChI is InChI=1S/C15H21BrN2O/c1-11-5-6-14(16)13(10-11)15(19)18(2)12-4-3-8-17-9-7-12/h5-6,10,12,17H,3-4,7-9H2,1-2H3. The van der Waals surface area contributed by atoms with Gasteiger partial charge in [0.1, 0.15) is 0 Å². The van der Waals surface area contributed by atoms with Crippen molar-refractivity contribution >= 4 is 21.8 Å². The number of carbonyl (C=O) groups excluding carboxylic acids is 1. The van der Waals surface area contributed by atoms with Gasteiger partial charge in [-0.2, -0.15) is 0 Å². The molecule has 1 atom stereocenters. The van der Waals surface area contributed by atoms with Crippen molar-refractivity contribution in [3.8, 4) is 0 Å². The van der Waals surface area contributed by atoms with E-state index >= 15 is 0 Å². The highest BCUT2D eigenvalue weighted by atomic mass is 79.9. The predicted octanol–water partition coefficient (Wildman–Crippen LogP) is 2.97. The van der Waals surface area contributed by atoms with Crippen molar-refractivity contribution in [2.45, 2.75) is 32.2 Å². The minimum Gasteiger partial charge on any atom is -0.339 e. The summed E-state index contributed by atoms with van der Waals surface area (Å²) < 4.78 is 0.877. The second-order valence-corrected chi connectivity index (χ2v) is 6.09. The minimum atomic E-state index is 0.113. The van der Waals surface area contributed by atoms with E-state index in [2.05, 4.69) is 21.2 Å². The molecule has 4 heteroatoms. The van der Waals surface area contributed by atoms with Crippen LogP contribution in [-0.2, 0) is 0 Å². The van der Waals surface area contributed by atoms with Crippen molar-refractivity contribution in [3.05, 3.63) is 33.8 Å². The fraction of sp³-hybridized carbons (Fsp3) is 0.533. The Labute approximate surface area is 123 Å². The van der Waals surface area contributed by atoms with E-state index < -0.39 is 0 Å². The van der Waals surface area contributed by atoms with Gasteiger partial charge in [-0.1, -0.05) is 11.6 Å². The highest BCUT2D eigenvalue weighted by Gasteiger charge is 2.23. The second-order valence-electron chi connectivity index (χ2n) is 5.23. The molecule has 0 radical (unpaired) electrons. The molecule has 1 heterocycles. The van der Waals surface area contributed by atoms with Crippen molar-refractivity contribution in [2.75, 3.05) is 20.1 Å². The van der Waals surface area contributed by atoms with E-state index in [4.69, 9.17) is 0 Å². The number of rotatable bonds is 2. The van der Waals surface area contributed by atoms with Crippen molar-refractivity contribution in [3.63, 3.8) is 0 Å². The van der Waals surface area contributed by atoms with Crippen LogP contribution in [0.4, 0.5) is 0 Å². The van der Waals surface area contributed by atoms with Gasteiger partial charge < -0.3 is 10.2 Å². The molecule has 104 valence electrons. The van der Waals surface area contributed by atoms with Gasteiger partial charge in [0.2, 0.25) is 0 Å². The van der Waals surface area contributed by atoms with Crippen LogP contribution in [-0.4, -0.2) is 37.0 Å². The average molecular weight is 325 g/mol. The smallest absolute Gasteiger partial charge is 0.254 e. The Hall–Kier alpha value is -0.870. The van der Waals surface area contributed by atoms with Crippen molar-refractivity contribution in [1.82, 2.24) is 10.2 Å². The maximum Gasteiger partial charge on any atom is 0.254 e. The van der Waals surface area contributed by atoms with Crippen LogP contribution >= 0.6 is 15.9 Å². The summed E-state index contributed by atoms with van der Waals surface area (Å²) in [5.74, 6) is 0.113. The molecule has 1 aliphatic rings. The molecule has 1 aromatic rings. The summed E-state index contributed by atoms with van der Waals surface area (Å²) in [7, 11) is 1.92. The highest BCUT2D eigenvalue weighted by molar-refractivity contribution is 9.10. The molecule has 0 saturated carbocycles. The van der Waals surface area contributed by atoms with Crippen LogP contribution in [0.5, 0.6) is 0 Å². The predicted molar refractivity (Wildman–Crippen MR) is 81.5 cm³/mol. The first-order valence-electron chi connectivity index (χ1n) is 6.83. The molecule has 0 bridgehead atoms. The summed E-state index contributed by atoms with van der Waals surface area (Å²) in [4.78, 5) is 14.5. The maximum absolute atomic E-state index is 12.6. The summed E-state index contributed by atoms with van der Waals surface area (Å²) in [6, 6.07) is 6.26. The molecule has 1 aromatic carbocycles. The zero-order chi connectivity index (χ0) is 13.8. The van der Waals surface area contributed by atoms with Gasteiger partial charge >= 0.3 is 0 Å². The van der Waals surface area contributed by atoms with Gasteiger partial charge in [0.05, 0.1) is 5.56 Å². The van der Waals surface area contributed by atoms with Crippen LogP contribution in [0.1, 0.15) is 35.2 Å². The highest BCUT2D eigenvalue weighted by Crippen LogP contribution is 2.22. The van der Waals surface area contributed by atoms with E-state index in [9.17, 15) is 4.79 Å². The fourth-order valence-corrected chi connectivity index (χ4v) is 2.96. The number of carbonyl (C=O) groups is 1. The Morgan fingerprint density at radius 2 is 2.16 bits per heavy atom. The van der Waals surface area contributed by atoms with Crippen LogP contribution < -0.4 is 5.32 Å². The number of aryl methyl sites for hydroxylation is 1. The number of nitrogens with one attached hydrogen (secondary N) is 1. The van der Waals surface area contributed by atoms with E-state index in [1.165, 1.54) is 0 Å². The third kappa shape index (κ3) is 3.57. The first-order valence-corrected chi connectivity index (χ1v) is 7.63. The Morgan fingerprint density at radius 3 is 2.95 bits per heavy atom. The summed E-state index contributed by atoms with van der Waals surface area (Å²) in [6.45, 7) is 4.07. The summed E-state index contributed by atoms with van der Waals surface area (Å²) in [5.41, 5.74) is 1.88. The lowest BCUT2D eigenvalue weighted by Gasteiger charge is -2.27. The molecule has 3 nitrogen and oxygen atoms in total. The van der Waals surface area contributed by atoms with Gasteiger partial charge in [-0.05, 0) is 67.3 Å². The van der Waals surface area contributed by atoms with Crippen LogP contribution in [0, 0.1) is 6.92 Å². The molecule has 1 N–H and O–H groups in total. The lowest BCUT2D eigenvalue weighted by Crippen LogP contribution is -2.37. The Morgan fingerprint density at radius 1 is 1.37 bits per heavy atom. The number of hydrogen-bond acceptors (Lipinski definition) is 2. The van der Waals surface area contributed by atoms with E-state index in [1.54, 1.807) is 0 Å². The summed E-state index contributed by atoms with van der Waals surface area (Å²) in [6.07, 6.45) is 3.25. The van der Waals surface area contributed by atoms with Gasteiger partial charge in [-0.25, -0.2) is 0 Å². The number of amides is 1.